The molecule has 8 heteroatoms. The van der Waals surface area contributed by atoms with Crippen LogP contribution in [-0.2, 0) is 23.9 Å². The largest absolute Gasteiger partial charge is 0.504 e. The summed E-state index contributed by atoms with van der Waals surface area (Å²) in [6.45, 7) is 7.07. The van der Waals surface area contributed by atoms with E-state index in [9.17, 15) is 19.5 Å². The first-order valence-electron chi connectivity index (χ1n) is 10.5. The molecule has 0 bridgehead atoms. The molecule has 32 heavy (non-hydrogen) atoms. The molecule has 3 atom stereocenters. The predicted octanol–water partition coefficient (Wildman–Crippen LogP) is 2.97. The molecule has 1 heterocycles. The SMILES string of the molecule is COC(=O)[C@@H]1C(=O)C2=C(C[C@H]1C)NC(C)=C(C(=O)OC(C)C)[C@H]2c1ccc(O)c(OC)c1. The van der Waals surface area contributed by atoms with Crippen LogP contribution < -0.4 is 10.1 Å². The van der Waals surface area contributed by atoms with Crippen molar-refractivity contribution in [2.24, 2.45) is 11.8 Å². The standard InChI is InChI=1S/C24H29NO7/c1-11(2)32-24(29)19-13(4)25-15-9-12(3)18(23(28)31-6)22(27)21(15)20(19)14-7-8-16(26)17(10-14)30-5/h7-8,10-12,18,20,25-26H,9H2,1-6H3/t12-,18+,20-/m1/s1. The third kappa shape index (κ3) is 4.09. The molecule has 1 aromatic rings. The van der Waals surface area contributed by atoms with Crippen LogP contribution in [-0.4, -0.2) is 43.2 Å². The van der Waals surface area contributed by atoms with Crippen LogP contribution in [0.4, 0.5) is 0 Å². The first kappa shape index (κ1) is 23.4. The molecule has 1 aliphatic carbocycles. The van der Waals surface area contributed by atoms with Gasteiger partial charge in [0.25, 0.3) is 0 Å². The van der Waals surface area contributed by atoms with Gasteiger partial charge in [-0.15, -0.1) is 0 Å². The van der Waals surface area contributed by atoms with Crippen molar-refractivity contribution in [1.29, 1.82) is 0 Å². The van der Waals surface area contributed by atoms with Crippen molar-refractivity contribution in [3.8, 4) is 11.5 Å². The zero-order chi connectivity index (χ0) is 23.7. The fourth-order valence-electron chi connectivity index (χ4n) is 4.44. The number of benzene rings is 1. The second-order valence-electron chi connectivity index (χ2n) is 8.42. The number of esters is 2. The number of Topliss-reactive ketones (excluding diaryl/α,β-unsaturated/α-hetero) is 1. The first-order chi connectivity index (χ1) is 15.1. The summed E-state index contributed by atoms with van der Waals surface area (Å²) in [6, 6.07) is 4.67. The molecule has 2 N–H and O–H groups in total. The van der Waals surface area contributed by atoms with E-state index in [0.717, 1.165) is 0 Å². The van der Waals surface area contributed by atoms with Gasteiger partial charge < -0.3 is 24.6 Å². The second kappa shape index (κ2) is 9.06. The third-order valence-electron chi connectivity index (χ3n) is 5.84. The number of hydrogen-bond donors (Lipinski definition) is 2. The fraction of sp³-hybridized carbons (Fsp3) is 0.458. The summed E-state index contributed by atoms with van der Waals surface area (Å²) >= 11 is 0. The van der Waals surface area contributed by atoms with Gasteiger partial charge in [-0.25, -0.2) is 4.79 Å². The Hall–Kier alpha value is -3.29. The summed E-state index contributed by atoms with van der Waals surface area (Å²) in [5.74, 6) is -3.45. The lowest BCUT2D eigenvalue weighted by atomic mass is 9.69. The lowest BCUT2D eigenvalue weighted by Gasteiger charge is -2.38. The Bertz CT molecular complexity index is 1020. The number of aromatic hydroxyl groups is 1. The Morgan fingerprint density at radius 2 is 1.91 bits per heavy atom. The zero-order valence-electron chi connectivity index (χ0n) is 19.1. The number of methoxy groups -OCH3 is 2. The maximum atomic E-state index is 13.6. The van der Waals surface area contributed by atoms with E-state index in [1.165, 1.54) is 20.3 Å². The summed E-state index contributed by atoms with van der Waals surface area (Å²) in [7, 11) is 2.67. The van der Waals surface area contributed by atoms with E-state index in [-0.39, 0.29) is 29.1 Å². The van der Waals surface area contributed by atoms with Crippen LogP contribution in [0.2, 0.25) is 0 Å². The number of carbonyl (C=O) groups excluding carboxylic acids is 3. The van der Waals surface area contributed by atoms with Gasteiger partial charge in [0.15, 0.2) is 17.3 Å². The molecular formula is C24H29NO7. The minimum atomic E-state index is -0.970. The van der Waals surface area contributed by atoms with Crippen LogP contribution in [0.15, 0.2) is 40.7 Å². The monoisotopic (exact) mass is 443 g/mol. The number of hydrogen-bond acceptors (Lipinski definition) is 8. The Morgan fingerprint density at radius 1 is 1.22 bits per heavy atom. The molecule has 8 nitrogen and oxygen atoms in total. The molecule has 0 radical (unpaired) electrons. The van der Waals surface area contributed by atoms with E-state index in [0.29, 0.717) is 29.0 Å². The maximum absolute atomic E-state index is 13.6. The molecule has 2 aliphatic rings. The van der Waals surface area contributed by atoms with Crippen LogP contribution in [0.3, 0.4) is 0 Å². The average molecular weight is 443 g/mol. The van der Waals surface area contributed by atoms with Crippen LogP contribution in [0.1, 0.15) is 45.6 Å². The highest BCUT2D eigenvalue weighted by Gasteiger charge is 2.47. The van der Waals surface area contributed by atoms with Gasteiger partial charge >= 0.3 is 11.9 Å². The van der Waals surface area contributed by atoms with Crippen LogP contribution >= 0.6 is 0 Å². The number of carbonyl (C=O) groups is 3. The smallest absolute Gasteiger partial charge is 0.337 e. The van der Waals surface area contributed by atoms with Gasteiger partial charge in [0.1, 0.15) is 5.92 Å². The summed E-state index contributed by atoms with van der Waals surface area (Å²) in [4.78, 5) is 39.2. The summed E-state index contributed by atoms with van der Waals surface area (Å²) in [5.41, 5.74) is 2.40. The highest BCUT2D eigenvalue weighted by molar-refractivity contribution is 6.12. The summed E-state index contributed by atoms with van der Waals surface area (Å²) in [5, 5.41) is 13.3. The molecule has 0 spiro atoms. The molecule has 0 aromatic heterocycles. The van der Waals surface area contributed by atoms with Crippen molar-refractivity contribution in [1.82, 2.24) is 5.32 Å². The molecule has 0 saturated heterocycles. The molecule has 1 aromatic carbocycles. The summed E-state index contributed by atoms with van der Waals surface area (Å²) < 4.78 is 15.6. The van der Waals surface area contributed by atoms with E-state index >= 15 is 0 Å². The van der Waals surface area contributed by atoms with Crippen molar-refractivity contribution >= 4 is 17.7 Å². The summed E-state index contributed by atoms with van der Waals surface area (Å²) in [6.07, 6.45) is 0.0780. The van der Waals surface area contributed by atoms with Crippen LogP contribution in [0.5, 0.6) is 11.5 Å². The van der Waals surface area contributed by atoms with Crippen molar-refractivity contribution in [3.05, 3.63) is 46.3 Å². The van der Waals surface area contributed by atoms with Gasteiger partial charge in [-0.2, -0.15) is 0 Å². The van der Waals surface area contributed by atoms with Gasteiger partial charge in [0.2, 0.25) is 0 Å². The minimum absolute atomic E-state index is 0.0672. The Balaban J connectivity index is 2.22. The Kier molecular flexibility index (Phi) is 6.62. The van der Waals surface area contributed by atoms with E-state index in [2.05, 4.69) is 5.32 Å². The number of ketones is 1. The van der Waals surface area contributed by atoms with Crippen LogP contribution in [0.25, 0.3) is 0 Å². The molecule has 0 saturated carbocycles. The molecule has 3 rings (SSSR count). The number of phenolic OH excluding ortho intramolecular Hbond substituents is 1. The van der Waals surface area contributed by atoms with Gasteiger partial charge in [0.05, 0.1) is 25.9 Å². The Labute approximate surface area is 187 Å². The maximum Gasteiger partial charge on any atom is 0.337 e. The molecule has 1 aliphatic heterocycles. The number of allylic oxidation sites excluding steroid dienone is 3. The highest BCUT2D eigenvalue weighted by Crippen LogP contribution is 2.46. The average Bonchev–Trinajstić information content (AvgIpc) is 2.72. The van der Waals surface area contributed by atoms with Gasteiger partial charge in [-0.05, 0) is 50.8 Å². The van der Waals surface area contributed by atoms with Crippen molar-refractivity contribution in [3.63, 3.8) is 0 Å². The van der Waals surface area contributed by atoms with Crippen molar-refractivity contribution in [2.75, 3.05) is 14.2 Å². The number of dihydropyridines is 1. The van der Waals surface area contributed by atoms with Gasteiger partial charge in [-0.3, -0.25) is 9.59 Å². The molecular weight excluding hydrogens is 414 g/mol. The number of nitrogens with one attached hydrogen (secondary N) is 1. The molecule has 0 amide bonds. The molecule has 172 valence electrons. The van der Waals surface area contributed by atoms with Crippen molar-refractivity contribution in [2.45, 2.75) is 46.1 Å². The lowest BCUT2D eigenvalue weighted by molar-refractivity contribution is -0.151. The van der Waals surface area contributed by atoms with Gasteiger partial charge in [0, 0.05) is 22.9 Å². The van der Waals surface area contributed by atoms with Crippen molar-refractivity contribution < 1.29 is 33.7 Å². The second-order valence-corrected chi connectivity index (χ2v) is 8.42. The number of ether oxygens (including phenoxy) is 3. The Morgan fingerprint density at radius 3 is 2.50 bits per heavy atom. The first-order valence-corrected chi connectivity index (χ1v) is 10.5. The number of rotatable bonds is 5. The highest BCUT2D eigenvalue weighted by atomic mass is 16.5. The zero-order valence-corrected chi connectivity index (χ0v) is 19.1. The minimum Gasteiger partial charge on any atom is -0.504 e. The quantitative estimate of drug-likeness (QED) is 0.528. The van der Waals surface area contributed by atoms with E-state index in [1.807, 2.05) is 6.92 Å². The normalized spacial score (nSPS) is 23.0. The fourth-order valence-corrected chi connectivity index (χ4v) is 4.44. The third-order valence-corrected chi connectivity index (χ3v) is 5.84. The predicted molar refractivity (Wildman–Crippen MR) is 116 cm³/mol. The van der Waals surface area contributed by atoms with E-state index < -0.39 is 29.6 Å². The number of phenols is 1. The molecule has 0 unspecified atom stereocenters. The van der Waals surface area contributed by atoms with E-state index in [1.54, 1.807) is 32.9 Å². The topological polar surface area (TPSA) is 111 Å². The molecule has 0 fully saturated rings. The van der Waals surface area contributed by atoms with Crippen LogP contribution in [0, 0.1) is 11.8 Å². The lowest BCUT2D eigenvalue weighted by Crippen LogP contribution is -2.43. The van der Waals surface area contributed by atoms with Gasteiger partial charge in [-0.1, -0.05) is 13.0 Å². The van der Waals surface area contributed by atoms with E-state index in [4.69, 9.17) is 14.2 Å².